The molecule has 3 aromatic rings. The number of nitrogens with zero attached hydrogens (tertiary/aromatic N) is 2. The average Bonchev–Trinajstić information content (AvgIpc) is 3.30. The Hall–Kier alpha value is -2.61. The summed E-state index contributed by atoms with van der Waals surface area (Å²) >= 11 is 13.0. The summed E-state index contributed by atoms with van der Waals surface area (Å²) < 4.78 is 26.6. The van der Waals surface area contributed by atoms with Crippen LogP contribution in [0.25, 0.3) is 17.0 Å². The van der Waals surface area contributed by atoms with E-state index in [9.17, 15) is 4.79 Å². The highest BCUT2D eigenvalue weighted by molar-refractivity contribution is 6.34. The van der Waals surface area contributed by atoms with Gasteiger partial charge in [0.15, 0.2) is 11.4 Å². The molecule has 5 rings (SSSR count). The summed E-state index contributed by atoms with van der Waals surface area (Å²) in [4.78, 5) is 13.7. The Kier molecular flexibility index (Phi) is 8.50. The third kappa shape index (κ3) is 5.96. The van der Waals surface area contributed by atoms with Crippen molar-refractivity contribution in [2.45, 2.75) is 64.4 Å². The number of benzene rings is 2. The molecule has 9 heteroatoms. The van der Waals surface area contributed by atoms with Crippen molar-refractivity contribution < 1.29 is 18.7 Å². The zero-order valence-electron chi connectivity index (χ0n) is 22.4. The molecule has 6 nitrogen and oxygen atoms in total. The summed E-state index contributed by atoms with van der Waals surface area (Å²) in [6.45, 7) is 6.75. The van der Waals surface area contributed by atoms with Crippen molar-refractivity contribution in [1.82, 2.24) is 15.1 Å². The maximum Gasteiger partial charge on any atom is 0.309 e. The molecule has 0 saturated carbocycles. The van der Waals surface area contributed by atoms with Crippen molar-refractivity contribution in [2.75, 3.05) is 13.2 Å². The summed E-state index contributed by atoms with van der Waals surface area (Å²) in [5.74, 6) is 0.303. The van der Waals surface area contributed by atoms with E-state index < -0.39 is 17.7 Å². The summed E-state index contributed by atoms with van der Waals surface area (Å²) in [6, 6.07) is 12.2. The number of fused-ring (bicyclic) bond motifs is 2. The Morgan fingerprint density at radius 2 is 2.05 bits per heavy atom. The predicted octanol–water partition coefficient (Wildman–Crippen LogP) is 7.46. The van der Waals surface area contributed by atoms with Crippen LogP contribution in [0.2, 0.25) is 5.15 Å². The van der Waals surface area contributed by atoms with Gasteiger partial charge >= 0.3 is 5.97 Å². The van der Waals surface area contributed by atoms with Gasteiger partial charge in [0.05, 0.1) is 18.0 Å². The molecular formula is C30H34Cl2FN3O3. The second kappa shape index (κ2) is 11.9. The molecule has 1 aromatic heterocycles. The number of hydrogen-bond donors (Lipinski definition) is 1. The highest BCUT2D eigenvalue weighted by atomic mass is 35.5. The van der Waals surface area contributed by atoms with Gasteiger partial charge in [0.25, 0.3) is 0 Å². The zero-order chi connectivity index (χ0) is 27.7. The Morgan fingerprint density at radius 3 is 2.79 bits per heavy atom. The third-order valence-electron chi connectivity index (χ3n) is 7.67. The largest absolute Gasteiger partial charge is 0.485 e. The predicted molar refractivity (Wildman–Crippen MR) is 153 cm³/mol. The number of carbonyl (C=O) groups excluding carboxylic acids is 1. The maximum absolute atomic E-state index is 15.0. The summed E-state index contributed by atoms with van der Waals surface area (Å²) in [7, 11) is 0. The molecule has 0 bridgehead atoms. The van der Waals surface area contributed by atoms with Crippen LogP contribution in [0.3, 0.4) is 0 Å². The lowest BCUT2D eigenvalue weighted by Gasteiger charge is -2.38. The van der Waals surface area contributed by atoms with E-state index in [0.29, 0.717) is 24.7 Å². The second-order valence-electron chi connectivity index (χ2n) is 10.7. The van der Waals surface area contributed by atoms with E-state index in [1.807, 2.05) is 30.3 Å². The molecule has 2 heterocycles. The van der Waals surface area contributed by atoms with E-state index in [2.05, 4.69) is 36.2 Å². The smallest absolute Gasteiger partial charge is 0.309 e. The fraction of sp³-hybridized carbons (Fsp3) is 0.467. The summed E-state index contributed by atoms with van der Waals surface area (Å²) in [6.07, 6.45) is 2.82. The number of hydrogen-bond acceptors (Lipinski definition) is 5. The van der Waals surface area contributed by atoms with E-state index in [4.69, 9.17) is 32.7 Å². The molecular weight excluding hydrogens is 540 g/mol. The molecule has 1 saturated heterocycles. The number of aryl methyl sites for hydroxylation is 1. The minimum Gasteiger partial charge on any atom is -0.485 e. The van der Waals surface area contributed by atoms with Crippen LogP contribution >= 0.6 is 23.2 Å². The SMILES string of the molecule is CCOC(=O)C1CCN(C(Cl)C2=Cc3ccc(OC(c4ccc5[nH]nc(Cl)c5c4)C(C)C)cc3CC2)C(F)C1. The lowest BCUT2D eigenvalue weighted by atomic mass is 9.90. The van der Waals surface area contributed by atoms with Crippen LogP contribution in [-0.2, 0) is 16.0 Å². The highest BCUT2D eigenvalue weighted by Crippen LogP contribution is 2.37. The number of H-pyrrole nitrogens is 1. The first-order chi connectivity index (χ1) is 18.7. The van der Waals surface area contributed by atoms with E-state index in [-0.39, 0.29) is 24.4 Å². The van der Waals surface area contributed by atoms with Crippen LogP contribution in [-0.4, -0.2) is 46.0 Å². The van der Waals surface area contributed by atoms with Gasteiger partial charge in [-0.25, -0.2) is 4.39 Å². The number of alkyl halides is 2. The number of aromatic amines is 1. The first-order valence-electron chi connectivity index (χ1n) is 13.6. The van der Waals surface area contributed by atoms with Crippen molar-refractivity contribution in [3.8, 4) is 5.75 Å². The molecule has 1 N–H and O–H groups in total. The molecule has 0 radical (unpaired) electrons. The average molecular weight is 575 g/mol. The quantitative estimate of drug-likeness (QED) is 0.172. The lowest BCUT2D eigenvalue weighted by molar-refractivity contribution is -0.152. The standard InChI is InChI=1S/C30H34Cl2FN3O3/c1-4-38-30(37)22-11-12-36(26(33)16-22)29(32)21-6-5-19-14-23(9-7-18(19)13-21)39-27(17(2)3)20-8-10-25-24(15-20)28(31)35-34-25/h7-10,13-15,17,22,26-27,29H,4-6,11-12,16H2,1-3H3,(H,34,35). The Labute approximate surface area is 238 Å². The molecule has 1 fully saturated rings. The van der Waals surface area contributed by atoms with E-state index >= 15 is 4.39 Å². The zero-order valence-corrected chi connectivity index (χ0v) is 23.9. The molecule has 1 aliphatic heterocycles. The number of ether oxygens (including phenoxy) is 2. The van der Waals surface area contributed by atoms with E-state index in [0.717, 1.165) is 46.2 Å². The normalized spacial score (nSPS) is 21.4. The van der Waals surface area contributed by atoms with Gasteiger partial charge in [0.2, 0.25) is 0 Å². The molecule has 4 atom stereocenters. The molecule has 0 spiro atoms. The number of piperidine rings is 1. The van der Waals surface area contributed by atoms with Crippen LogP contribution in [0, 0.1) is 11.8 Å². The van der Waals surface area contributed by atoms with Gasteiger partial charge in [-0.1, -0.05) is 43.7 Å². The van der Waals surface area contributed by atoms with Crippen molar-refractivity contribution in [3.05, 3.63) is 63.8 Å². The minimum absolute atomic E-state index is 0.114. The van der Waals surface area contributed by atoms with Crippen molar-refractivity contribution in [1.29, 1.82) is 0 Å². The summed E-state index contributed by atoms with van der Waals surface area (Å²) in [5.41, 5.74) is 4.61. The van der Waals surface area contributed by atoms with Crippen LogP contribution in [0.5, 0.6) is 5.75 Å². The topological polar surface area (TPSA) is 67.4 Å². The van der Waals surface area contributed by atoms with Gasteiger partial charge in [-0.15, -0.1) is 11.6 Å². The molecule has 0 amide bonds. The Bertz CT molecular complexity index is 1370. The number of esters is 1. The molecule has 4 unspecified atom stereocenters. The number of likely N-dealkylation sites (tertiary alicyclic amines) is 1. The van der Waals surface area contributed by atoms with Gasteiger partial charge in [-0.05, 0) is 78.6 Å². The van der Waals surface area contributed by atoms with Crippen LogP contribution < -0.4 is 4.74 Å². The lowest BCUT2D eigenvalue weighted by Crippen LogP contribution is -2.46. The van der Waals surface area contributed by atoms with E-state index in [1.54, 1.807) is 11.8 Å². The van der Waals surface area contributed by atoms with Gasteiger partial charge in [0, 0.05) is 18.4 Å². The fourth-order valence-corrected chi connectivity index (χ4v) is 6.13. The minimum atomic E-state index is -1.28. The van der Waals surface area contributed by atoms with Crippen molar-refractivity contribution in [2.24, 2.45) is 11.8 Å². The van der Waals surface area contributed by atoms with Crippen LogP contribution in [0.4, 0.5) is 4.39 Å². The number of nitrogens with one attached hydrogen (secondary N) is 1. The van der Waals surface area contributed by atoms with Crippen molar-refractivity contribution >= 4 is 46.2 Å². The number of aromatic nitrogens is 2. The Balaban J connectivity index is 1.29. The third-order valence-corrected chi connectivity index (χ3v) is 8.49. The molecule has 39 heavy (non-hydrogen) atoms. The number of carbonyl (C=O) groups is 1. The van der Waals surface area contributed by atoms with Crippen LogP contribution in [0.15, 0.2) is 42.0 Å². The molecule has 2 aromatic carbocycles. The number of halogens is 3. The first-order valence-corrected chi connectivity index (χ1v) is 14.4. The first kappa shape index (κ1) is 27.9. The van der Waals surface area contributed by atoms with Gasteiger partial charge < -0.3 is 9.47 Å². The highest BCUT2D eigenvalue weighted by Gasteiger charge is 2.37. The number of rotatable bonds is 8. The second-order valence-corrected chi connectivity index (χ2v) is 11.4. The monoisotopic (exact) mass is 573 g/mol. The van der Waals surface area contributed by atoms with Crippen LogP contribution in [0.1, 0.15) is 62.8 Å². The van der Waals surface area contributed by atoms with Gasteiger partial charge in [-0.2, -0.15) is 5.10 Å². The van der Waals surface area contributed by atoms with Gasteiger partial charge in [0.1, 0.15) is 17.4 Å². The van der Waals surface area contributed by atoms with E-state index in [1.165, 1.54) is 5.56 Å². The summed E-state index contributed by atoms with van der Waals surface area (Å²) in [5, 5.41) is 8.34. The fourth-order valence-electron chi connectivity index (χ4n) is 5.54. The molecule has 208 valence electrons. The molecule has 2 aliphatic rings. The molecule has 1 aliphatic carbocycles. The van der Waals surface area contributed by atoms with Crippen molar-refractivity contribution in [3.63, 3.8) is 0 Å². The maximum atomic E-state index is 15.0. The van der Waals surface area contributed by atoms with Gasteiger partial charge in [-0.3, -0.25) is 14.8 Å². The Morgan fingerprint density at radius 1 is 1.23 bits per heavy atom.